The van der Waals surface area contributed by atoms with E-state index in [1.165, 1.54) is 0 Å². The van der Waals surface area contributed by atoms with Crippen LogP contribution in [-0.4, -0.2) is 23.7 Å². The summed E-state index contributed by atoms with van der Waals surface area (Å²) in [6.07, 6.45) is 0. The molecule has 2 rings (SSSR count). The molecule has 84 valence electrons. The van der Waals surface area contributed by atoms with Crippen LogP contribution in [0.2, 0.25) is 0 Å². The van der Waals surface area contributed by atoms with Crippen LogP contribution in [0.25, 0.3) is 10.9 Å². The van der Waals surface area contributed by atoms with Crippen LogP contribution in [0, 0.1) is 0 Å². The molecule has 0 amide bonds. The van der Waals surface area contributed by atoms with Gasteiger partial charge in [0.1, 0.15) is 5.75 Å². The summed E-state index contributed by atoms with van der Waals surface area (Å²) < 4.78 is 5.10. The monoisotopic (exact) mass is 219 g/mol. The second-order valence-corrected chi connectivity index (χ2v) is 3.29. The molecule has 2 N–H and O–H groups in total. The number of aromatic nitrogens is 1. The highest BCUT2D eigenvalue weighted by Gasteiger charge is 2.10. The minimum absolute atomic E-state index is 0.0282. The van der Waals surface area contributed by atoms with Crippen molar-refractivity contribution in [3.8, 4) is 11.6 Å². The molecule has 0 aliphatic heterocycles. The largest absolute Gasteiger partial charge is 0.497 e. The number of hydrogen-bond donors (Lipinski definition) is 2. The number of azo groups is 1. The van der Waals surface area contributed by atoms with Crippen molar-refractivity contribution in [3.63, 3.8) is 0 Å². The minimum Gasteiger partial charge on any atom is -0.497 e. The molecule has 0 atom stereocenters. The van der Waals surface area contributed by atoms with Gasteiger partial charge in [0.2, 0.25) is 5.88 Å². The second-order valence-electron chi connectivity index (χ2n) is 3.29. The first-order valence-corrected chi connectivity index (χ1v) is 5.02. The summed E-state index contributed by atoms with van der Waals surface area (Å²) >= 11 is 0. The Labute approximate surface area is 92.8 Å². The Bertz CT molecular complexity index is 531. The van der Waals surface area contributed by atoms with Crippen LogP contribution in [0.15, 0.2) is 28.4 Å². The quantitative estimate of drug-likeness (QED) is 0.779. The molecule has 1 aromatic heterocycles. The SMILES string of the molecule is CCN=Nc1c(O)[nH]c2cc(OC)ccc12. The van der Waals surface area contributed by atoms with E-state index in [0.29, 0.717) is 12.2 Å². The summed E-state index contributed by atoms with van der Waals surface area (Å²) in [5.41, 5.74) is 1.25. The van der Waals surface area contributed by atoms with E-state index < -0.39 is 0 Å². The predicted octanol–water partition coefficient (Wildman–Crippen LogP) is 2.99. The van der Waals surface area contributed by atoms with Gasteiger partial charge in [0.05, 0.1) is 19.2 Å². The van der Waals surface area contributed by atoms with Crippen LogP contribution in [-0.2, 0) is 0 Å². The number of benzene rings is 1. The van der Waals surface area contributed by atoms with E-state index >= 15 is 0 Å². The lowest BCUT2D eigenvalue weighted by atomic mass is 10.2. The zero-order chi connectivity index (χ0) is 11.5. The summed E-state index contributed by atoms with van der Waals surface area (Å²) in [6.45, 7) is 2.47. The van der Waals surface area contributed by atoms with E-state index in [1.54, 1.807) is 13.2 Å². The molecular formula is C11H13N3O2. The minimum atomic E-state index is 0.0282. The molecule has 1 heterocycles. The molecule has 5 heteroatoms. The van der Waals surface area contributed by atoms with Crippen molar-refractivity contribution in [2.24, 2.45) is 10.2 Å². The first-order chi connectivity index (χ1) is 7.76. The summed E-state index contributed by atoms with van der Waals surface area (Å²) in [5, 5.41) is 18.4. The number of aromatic amines is 1. The van der Waals surface area contributed by atoms with Gasteiger partial charge in [-0.05, 0) is 19.1 Å². The molecule has 0 unspecified atom stereocenters. The van der Waals surface area contributed by atoms with Gasteiger partial charge in [-0.2, -0.15) is 5.11 Å². The van der Waals surface area contributed by atoms with Crippen molar-refractivity contribution in [1.82, 2.24) is 4.98 Å². The normalized spacial score (nSPS) is 11.4. The molecule has 16 heavy (non-hydrogen) atoms. The third kappa shape index (κ3) is 1.71. The van der Waals surface area contributed by atoms with Gasteiger partial charge in [-0.25, -0.2) is 0 Å². The highest BCUT2D eigenvalue weighted by molar-refractivity contribution is 5.94. The Morgan fingerprint density at radius 2 is 2.25 bits per heavy atom. The smallest absolute Gasteiger partial charge is 0.218 e. The molecule has 2 aromatic rings. The van der Waals surface area contributed by atoms with E-state index in [0.717, 1.165) is 16.7 Å². The van der Waals surface area contributed by atoms with E-state index in [4.69, 9.17) is 4.74 Å². The van der Waals surface area contributed by atoms with Gasteiger partial charge in [-0.3, -0.25) is 0 Å². The predicted molar refractivity (Wildman–Crippen MR) is 61.6 cm³/mol. The summed E-state index contributed by atoms with van der Waals surface area (Å²) in [6, 6.07) is 5.47. The van der Waals surface area contributed by atoms with E-state index in [9.17, 15) is 5.11 Å². The molecule has 0 spiro atoms. The van der Waals surface area contributed by atoms with Gasteiger partial charge in [0.15, 0.2) is 5.69 Å². The maximum Gasteiger partial charge on any atom is 0.218 e. The molecule has 0 radical (unpaired) electrons. The number of hydrogen-bond acceptors (Lipinski definition) is 4. The number of aromatic hydroxyl groups is 1. The molecule has 0 fully saturated rings. The van der Waals surface area contributed by atoms with Crippen molar-refractivity contribution in [1.29, 1.82) is 0 Å². The van der Waals surface area contributed by atoms with Crippen molar-refractivity contribution in [3.05, 3.63) is 18.2 Å². The molecule has 0 bridgehead atoms. The van der Waals surface area contributed by atoms with Crippen molar-refractivity contribution in [2.75, 3.05) is 13.7 Å². The summed E-state index contributed by atoms with van der Waals surface area (Å²) in [7, 11) is 1.60. The fraction of sp³-hybridized carbons (Fsp3) is 0.273. The van der Waals surface area contributed by atoms with Crippen molar-refractivity contribution >= 4 is 16.6 Å². The lowest BCUT2D eigenvalue weighted by Gasteiger charge is -1.98. The topological polar surface area (TPSA) is 70.0 Å². The average Bonchev–Trinajstić information content (AvgIpc) is 2.61. The standard InChI is InChI=1S/C11H13N3O2/c1-3-12-14-10-8-5-4-7(16-2)6-9(8)13-11(10)15/h4-6,13,15H,3H2,1-2H3. The lowest BCUT2D eigenvalue weighted by Crippen LogP contribution is -1.80. The maximum atomic E-state index is 9.67. The fourth-order valence-corrected chi connectivity index (χ4v) is 1.52. The first kappa shape index (κ1) is 10.5. The third-order valence-corrected chi connectivity index (χ3v) is 2.27. The van der Waals surface area contributed by atoms with Gasteiger partial charge in [0, 0.05) is 11.5 Å². The first-order valence-electron chi connectivity index (χ1n) is 5.02. The van der Waals surface area contributed by atoms with Gasteiger partial charge < -0.3 is 14.8 Å². The summed E-state index contributed by atoms with van der Waals surface area (Å²) in [5.74, 6) is 0.758. The highest BCUT2D eigenvalue weighted by atomic mass is 16.5. The fourth-order valence-electron chi connectivity index (χ4n) is 1.52. The number of nitrogens with zero attached hydrogens (tertiary/aromatic N) is 2. The molecule has 0 aliphatic rings. The van der Waals surface area contributed by atoms with Crippen LogP contribution in [0.4, 0.5) is 5.69 Å². The number of nitrogens with one attached hydrogen (secondary N) is 1. The summed E-state index contributed by atoms with van der Waals surface area (Å²) in [4.78, 5) is 2.83. The number of fused-ring (bicyclic) bond motifs is 1. The van der Waals surface area contributed by atoms with Crippen molar-refractivity contribution in [2.45, 2.75) is 6.92 Å². The molecule has 0 saturated carbocycles. The molecule has 1 aromatic carbocycles. The van der Waals surface area contributed by atoms with Crippen LogP contribution >= 0.6 is 0 Å². The maximum absolute atomic E-state index is 9.67. The van der Waals surface area contributed by atoms with Crippen LogP contribution in [0.5, 0.6) is 11.6 Å². The van der Waals surface area contributed by atoms with Crippen LogP contribution in [0.3, 0.4) is 0 Å². The Hall–Kier alpha value is -2.04. The lowest BCUT2D eigenvalue weighted by molar-refractivity contribution is 0.415. The molecule has 0 aliphatic carbocycles. The Balaban J connectivity index is 2.57. The van der Waals surface area contributed by atoms with E-state index in [2.05, 4.69) is 15.2 Å². The number of rotatable bonds is 3. The van der Waals surface area contributed by atoms with E-state index in [1.807, 2.05) is 19.1 Å². The van der Waals surface area contributed by atoms with Crippen LogP contribution < -0.4 is 4.74 Å². The van der Waals surface area contributed by atoms with Gasteiger partial charge in [0.25, 0.3) is 0 Å². The van der Waals surface area contributed by atoms with Gasteiger partial charge >= 0.3 is 0 Å². The van der Waals surface area contributed by atoms with Crippen LogP contribution in [0.1, 0.15) is 6.92 Å². The molecule has 0 saturated heterocycles. The Morgan fingerprint density at radius 1 is 1.44 bits per heavy atom. The second kappa shape index (κ2) is 4.22. The van der Waals surface area contributed by atoms with Gasteiger partial charge in [-0.1, -0.05) is 0 Å². The number of methoxy groups -OCH3 is 1. The van der Waals surface area contributed by atoms with E-state index in [-0.39, 0.29) is 5.88 Å². The number of H-pyrrole nitrogens is 1. The zero-order valence-corrected chi connectivity index (χ0v) is 9.19. The molecular weight excluding hydrogens is 206 g/mol. The van der Waals surface area contributed by atoms with Gasteiger partial charge in [-0.15, -0.1) is 5.11 Å². The Morgan fingerprint density at radius 3 is 2.94 bits per heavy atom. The third-order valence-electron chi connectivity index (χ3n) is 2.27. The van der Waals surface area contributed by atoms with Crippen molar-refractivity contribution < 1.29 is 9.84 Å². The highest BCUT2D eigenvalue weighted by Crippen LogP contribution is 2.36. The Kier molecular flexibility index (Phi) is 2.76. The molecule has 5 nitrogen and oxygen atoms in total. The number of ether oxygens (including phenoxy) is 1. The zero-order valence-electron chi connectivity index (χ0n) is 9.19. The average molecular weight is 219 g/mol.